The van der Waals surface area contributed by atoms with Gasteiger partial charge >= 0.3 is 5.97 Å². The Bertz CT molecular complexity index is 1590. The van der Waals surface area contributed by atoms with E-state index in [1.807, 2.05) is 48.5 Å². The number of hydrogen-bond donors (Lipinski definition) is 2. The highest BCUT2D eigenvalue weighted by molar-refractivity contribution is 6.34. The summed E-state index contributed by atoms with van der Waals surface area (Å²) in [5.74, 6) is -0.592. The van der Waals surface area contributed by atoms with Crippen LogP contribution in [0.1, 0.15) is 26.4 Å². The average Bonchev–Trinajstić information content (AvgIpc) is 3.30. The molecule has 0 saturated heterocycles. The summed E-state index contributed by atoms with van der Waals surface area (Å²) in [4.78, 5) is 28.8. The van der Waals surface area contributed by atoms with Gasteiger partial charge in [-0.3, -0.25) is 4.79 Å². The van der Waals surface area contributed by atoms with Crippen LogP contribution in [0, 0.1) is 0 Å². The van der Waals surface area contributed by atoms with E-state index >= 15 is 0 Å². The molecule has 0 aliphatic rings. The van der Waals surface area contributed by atoms with Gasteiger partial charge in [0, 0.05) is 32.6 Å². The average molecular weight is 494 g/mol. The van der Waals surface area contributed by atoms with Crippen LogP contribution >= 0.6 is 11.6 Å². The number of carbonyl (C=O) groups is 2. The van der Waals surface area contributed by atoms with E-state index in [-0.39, 0.29) is 0 Å². The topological polar surface area (TPSA) is 83.5 Å². The van der Waals surface area contributed by atoms with Crippen molar-refractivity contribution in [2.75, 3.05) is 0 Å². The van der Waals surface area contributed by atoms with Crippen molar-refractivity contribution in [1.82, 2.24) is 10.4 Å². The minimum Gasteiger partial charge on any atom is -0.422 e. The molecule has 0 spiro atoms. The Labute approximate surface area is 212 Å². The second-order valence-electron chi connectivity index (χ2n) is 7.89. The Morgan fingerprint density at radius 1 is 0.833 bits per heavy atom. The molecule has 0 bridgehead atoms. The van der Waals surface area contributed by atoms with Gasteiger partial charge in [0.1, 0.15) is 11.4 Å². The molecule has 176 valence electrons. The molecule has 6 nitrogen and oxygen atoms in total. The fourth-order valence-corrected chi connectivity index (χ4v) is 4.12. The summed E-state index contributed by atoms with van der Waals surface area (Å²) in [6, 6.07) is 30.6. The van der Waals surface area contributed by atoms with Crippen LogP contribution in [-0.4, -0.2) is 23.1 Å². The fourth-order valence-electron chi connectivity index (χ4n) is 3.89. The molecule has 4 aromatic carbocycles. The number of benzene rings is 4. The highest BCUT2D eigenvalue weighted by Gasteiger charge is 2.20. The number of ether oxygens (including phenoxy) is 1. The summed E-state index contributed by atoms with van der Waals surface area (Å²) in [5, 5.41) is 5.53. The minimum absolute atomic E-state index is 0.326. The number of aromatic amines is 1. The van der Waals surface area contributed by atoms with E-state index in [9.17, 15) is 9.59 Å². The number of H-pyrrole nitrogens is 1. The summed E-state index contributed by atoms with van der Waals surface area (Å²) in [6.45, 7) is 0. The van der Waals surface area contributed by atoms with Crippen LogP contribution in [0.2, 0.25) is 5.02 Å². The highest BCUT2D eigenvalue weighted by Crippen LogP contribution is 2.36. The van der Waals surface area contributed by atoms with Crippen molar-refractivity contribution in [1.29, 1.82) is 0 Å². The van der Waals surface area contributed by atoms with Gasteiger partial charge in [-0.1, -0.05) is 78.3 Å². The van der Waals surface area contributed by atoms with Gasteiger partial charge in [-0.05, 0) is 36.4 Å². The lowest BCUT2D eigenvalue weighted by molar-refractivity contribution is 0.0734. The quantitative estimate of drug-likeness (QED) is 0.123. The number of hydrazone groups is 1. The van der Waals surface area contributed by atoms with Crippen molar-refractivity contribution in [3.05, 3.63) is 125 Å². The molecule has 7 heteroatoms. The summed E-state index contributed by atoms with van der Waals surface area (Å²) in [6.07, 6.45) is 1.43. The summed E-state index contributed by atoms with van der Waals surface area (Å²) < 4.78 is 5.54. The van der Waals surface area contributed by atoms with Crippen LogP contribution in [0.25, 0.3) is 22.0 Å². The molecule has 5 rings (SSSR count). The lowest BCUT2D eigenvalue weighted by Crippen LogP contribution is -2.19. The molecule has 2 N–H and O–H groups in total. The molecule has 0 aliphatic carbocycles. The Hall–Kier alpha value is -4.68. The number of para-hydroxylation sites is 2. The fraction of sp³-hybridized carbons (Fsp3) is 0. The normalized spacial score (nSPS) is 11.0. The van der Waals surface area contributed by atoms with Crippen molar-refractivity contribution >= 4 is 40.6 Å². The Morgan fingerprint density at radius 3 is 2.36 bits per heavy atom. The number of amides is 1. The Morgan fingerprint density at radius 2 is 1.53 bits per heavy atom. The Kier molecular flexibility index (Phi) is 6.60. The SMILES string of the molecule is O=C(Oc1ccccc1C=NNC(=O)c1[nH]c2ccccc2c1-c1ccccc1Cl)c1ccccc1. The van der Waals surface area contributed by atoms with E-state index in [2.05, 4.69) is 15.5 Å². The van der Waals surface area contributed by atoms with Gasteiger partial charge in [-0.2, -0.15) is 5.10 Å². The number of carbonyl (C=O) groups excluding carboxylic acids is 2. The van der Waals surface area contributed by atoms with Crippen LogP contribution in [0.4, 0.5) is 0 Å². The maximum absolute atomic E-state index is 13.2. The Balaban J connectivity index is 1.40. The van der Waals surface area contributed by atoms with E-state index in [0.717, 1.165) is 16.5 Å². The molecule has 5 aromatic rings. The number of halogens is 1. The molecule has 36 heavy (non-hydrogen) atoms. The van der Waals surface area contributed by atoms with Gasteiger partial charge in [0.25, 0.3) is 5.91 Å². The summed E-state index contributed by atoms with van der Waals surface area (Å²) >= 11 is 6.46. The van der Waals surface area contributed by atoms with Gasteiger partial charge in [0.05, 0.1) is 11.8 Å². The van der Waals surface area contributed by atoms with Crippen LogP contribution in [0.3, 0.4) is 0 Å². The van der Waals surface area contributed by atoms with Crippen LogP contribution in [-0.2, 0) is 0 Å². The van der Waals surface area contributed by atoms with Crippen molar-refractivity contribution in [3.8, 4) is 16.9 Å². The molecule has 1 amide bonds. The predicted molar refractivity (Wildman–Crippen MR) is 142 cm³/mol. The molecule has 0 saturated carbocycles. The number of fused-ring (bicyclic) bond motifs is 1. The van der Waals surface area contributed by atoms with E-state index < -0.39 is 11.9 Å². The minimum atomic E-state index is -0.483. The molecule has 0 unspecified atom stereocenters. The third-order valence-electron chi connectivity index (χ3n) is 5.58. The summed E-state index contributed by atoms with van der Waals surface area (Å²) in [5.41, 5.74) is 6.11. The van der Waals surface area contributed by atoms with E-state index in [0.29, 0.717) is 33.2 Å². The van der Waals surface area contributed by atoms with Crippen molar-refractivity contribution in [2.45, 2.75) is 0 Å². The van der Waals surface area contributed by atoms with Crippen molar-refractivity contribution in [3.63, 3.8) is 0 Å². The second kappa shape index (κ2) is 10.3. The van der Waals surface area contributed by atoms with Gasteiger partial charge in [0.2, 0.25) is 0 Å². The number of esters is 1. The molecule has 1 aromatic heterocycles. The van der Waals surface area contributed by atoms with Crippen LogP contribution < -0.4 is 10.2 Å². The molecular weight excluding hydrogens is 474 g/mol. The van der Waals surface area contributed by atoms with Crippen molar-refractivity contribution < 1.29 is 14.3 Å². The molecular formula is C29H20ClN3O3. The van der Waals surface area contributed by atoms with Crippen LogP contribution in [0.5, 0.6) is 5.75 Å². The smallest absolute Gasteiger partial charge is 0.343 e. The zero-order valence-electron chi connectivity index (χ0n) is 18.9. The monoisotopic (exact) mass is 493 g/mol. The molecule has 1 heterocycles. The first-order valence-corrected chi connectivity index (χ1v) is 11.5. The van der Waals surface area contributed by atoms with Crippen LogP contribution in [0.15, 0.2) is 108 Å². The molecule has 0 aliphatic heterocycles. The van der Waals surface area contributed by atoms with Gasteiger partial charge in [0.15, 0.2) is 0 Å². The number of hydrogen-bond acceptors (Lipinski definition) is 4. The zero-order chi connectivity index (χ0) is 24.9. The standard InChI is InChI=1S/C29H20ClN3O3/c30-23-15-7-5-13-21(23)26-22-14-6-8-16-24(22)32-27(26)28(34)33-31-18-20-12-4-9-17-25(20)36-29(35)19-10-2-1-3-11-19/h1-18,32H,(H,33,34). The van der Waals surface area contributed by atoms with E-state index in [1.54, 1.807) is 54.6 Å². The number of nitrogens with zero attached hydrogens (tertiary/aromatic N) is 1. The predicted octanol–water partition coefficient (Wildman–Crippen LogP) is 6.47. The van der Waals surface area contributed by atoms with Gasteiger partial charge < -0.3 is 9.72 Å². The lowest BCUT2D eigenvalue weighted by Gasteiger charge is -2.08. The van der Waals surface area contributed by atoms with Gasteiger partial charge in [-0.25, -0.2) is 10.2 Å². The number of aromatic nitrogens is 1. The highest BCUT2D eigenvalue weighted by atomic mass is 35.5. The zero-order valence-corrected chi connectivity index (χ0v) is 19.7. The third kappa shape index (κ3) is 4.76. The maximum Gasteiger partial charge on any atom is 0.343 e. The maximum atomic E-state index is 13.2. The first kappa shape index (κ1) is 23.1. The first-order valence-electron chi connectivity index (χ1n) is 11.2. The summed E-state index contributed by atoms with van der Waals surface area (Å²) in [7, 11) is 0. The largest absolute Gasteiger partial charge is 0.422 e. The van der Waals surface area contributed by atoms with E-state index in [1.165, 1.54) is 6.21 Å². The molecule has 0 atom stereocenters. The molecule has 0 fully saturated rings. The number of nitrogens with one attached hydrogen (secondary N) is 2. The first-order chi connectivity index (χ1) is 17.6. The molecule has 0 radical (unpaired) electrons. The van der Waals surface area contributed by atoms with Crippen molar-refractivity contribution in [2.24, 2.45) is 5.10 Å². The second-order valence-corrected chi connectivity index (χ2v) is 8.30. The lowest BCUT2D eigenvalue weighted by atomic mass is 10.0. The van der Waals surface area contributed by atoms with Gasteiger partial charge in [-0.15, -0.1) is 0 Å². The van der Waals surface area contributed by atoms with E-state index in [4.69, 9.17) is 16.3 Å². The third-order valence-corrected chi connectivity index (χ3v) is 5.91. The number of rotatable bonds is 6.